The second-order valence-corrected chi connectivity index (χ2v) is 5.43. The summed E-state index contributed by atoms with van der Waals surface area (Å²) in [5.41, 5.74) is 1.10. The number of benzene rings is 2. The number of hydrogen-bond donors (Lipinski definition) is 0. The lowest BCUT2D eigenvalue weighted by Gasteiger charge is -2.09. The Morgan fingerprint density at radius 2 is 2.00 bits per heavy atom. The number of hydrogen-bond acceptors (Lipinski definition) is 5. The molecule has 6 heteroatoms. The third-order valence-electron chi connectivity index (χ3n) is 3.71. The molecule has 2 aromatic carbocycles. The van der Waals surface area contributed by atoms with Crippen LogP contribution in [0.4, 0.5) is 4.39 Å². The van der Waals surface area contributed by atoms with Gasteiger partial charge in [0.1, 0.15) is 23.9 Å². The molecule has 0 N–H and O–H groups in total. The standard InChI is InChI=1S/C19H15FO5/c1-11-15(24-17(21)10-23-2)8-7-13-18(22)16(25-19(11)13)9-12-5-3-4-6-14(12)20/h3-9H,10H2,1-2H3/b16-9-. The van der Waals surface area contributed by atoms with Crippen molar-refractivity contribution in [2.45, 2.75) is 6.92 Å². The number of allylic oxidation sites excluding steroid dienone is 1. The van der Waals surface area contributed by atoms with Crippen LogP contribution in [0.5, 0.6) is 11.5 Å². The molecule has 0 atom stereocenters. The predicted octanol–water partition coefficient (Wildman–Crippen LogP) is 3.30. The van der Waals surface area contributed by atoms with E-state index in [9.17, 15) is 14.0 Å². The van der Waals surface area contributed by atoms with Crippen molar-refractivity contribution in [3.05, 3.63) is 64.7 Å². The Kier molecular flexibility index (Phi) is 4.63. The Labute approximate surface area is 143 Å². The molecule has 1 aliphatic rings. The zero-order chi connectivity index (χ0) is 18.0. The van der Waals surface area contributed by atoms with Crippen molar-refractivity contribution >= 4 is 17.8 Å². The Bertz CT molecular complexity index is 885. The van der Waals surface area contributed by atoms with Crippen LogP contribution in [-0.4, -0.2) is 25.5 Å². The molecule has 3 rings (SSSR count). The highest BCUT2D eigenvalue weighted by molar-refractivity contribution is 6.15. The summed E-state index contributed by atoms with van der Waals surface area (Å²) in [6.45, 7) is 1.49. The van der Waals surface area contributed by atoms with Gasteiger partial charge >= 0.3 is 5.97 Å². The highest BCUT2D eigenvalue weighted by Crippen LogP contribution is 2.39. The number of halogens is 1. The summed E-state index contributed by atoms with van der Waals surface area (Å²) in [6.07, 6.45) is 1.35. The maximum Gasteiger partial charge on any atom is 0.337 e. The molecule has 2 aromatic rings. The largest absolute Gasteiger partial charge is 0.452 e. The zero-order valence-corrected chi connectivity index (χ0v) is 13.7. The minimum absolute atomic E-state index is 0.0172. The Morgan fingerprint density at radius 1 is 1.24 bits per heavy atom. The number of esters is 1. The first kappa shape index (κ1) is 16.9. The molecule has 0 fully saturated rings. The molecule has 25 heavy (non-hydrogen) atoms. The van der Waals surface area contributed by atoms with E-state index in [0.717, 1.165) is 0 Å². The van der Waals surface area contributed by atoms with Crippen molar-refractivity contribution in [3.63, 3.8) is 0 Å². The number of carbonyl (C=O) groups excluding carboxylic acids is 2. The second-order valence-electron chi connectivity index (χ2n) is 5.43. The van der Waals surface area contributed by atoms with Gasteiger partial charge in [0.2, 0.25) is 5.78 Å². The lowest BCUT2D eigenvalue weighted by Crippen LogP contribution is -2.14. The number of fused-ring (bicyclic) bond motifs is 1. The summed E-state index contributed by atoms with van der Waals surface area (Å²) in [5, 5.41) is 0. The van der Waals surface area contributed by atoms with Crippen molar-refractivity contribution < 1.29 is 28.2 Å². The third-order valence-corrected chi connectivity index (χ3v) is 3.71. The van der Waals surface area contributed by atoms with Crippen molar-refractivity contribution in [2.24, 2.45) is 0 Å². The summed E-state index contributed by atoms with van der Waals surface area (Å²) in [6, 6.07) is 9.12. The highest BCUT2D eigenvalue weighted by atomic mass is 19.1. The highest BCUT2D eigenvalue weighted by Gasteiger charge is 2.30. The average molecular weight is 342 g/mol. The predicted molar refractivity (Wildman–Crippen MR) is 88.0 cm³/mol. The molecule has 0 saturated carbocycles. The summed E-state index contributed by atoms with van der Waals surface area (Å²) in [4.78, 5) is 24.0. The van der Waals surface area contributed by atoms with Crippen molar-refractivity contribution in [2.75, 3.05) is 13.7 Å². The van der Waals surface area contributed by atoms with Crippen LogP contribution in [0.3, 0.4) is 0 Å². The molecule has 0 amide bonds. The quantitative estimate of drug-likeness (QED) is 0.485. The Hall–Kier alpha value is -2.99. The lowest BCUT2D eigenvalue weighted by atomic mass is 10.1. The number of carbonyl (C=O) groups is 2. The first-order chi connectivity index (χ1) is 12.0. The van der Waals surface area contributed by atoms with Crippen LogP contribution in [0.1, 0.15) is 21.5 Å². The van der Waals surface area contributed by atoms with E-state index in [1.807, 2.05) is 0 Å². The summed E-state index contributed by atoms with van der Waals surface area (Å²) < 4.78 is 29.3. The summed E-state index contributed by atoms with van der Waals surface area (Å²) in [7, 11) is 1.39. The van der Waals surface area contributed by atoms with Gasteiger partial charge in [-0.1, -0.05) is 18.2 Å². The number of rotatable bonds is 4. The SMILES string of the molecule is COCC(=O)Oc1ccc2c(c1C)O/C(=C\c1ccccc1F)C2=O. The number of Topliss-reactive ketones (excluding diaryl/α,β-unsaturated/α-hetero) is 1. The van der Waals surface area contributed by atoms with Crippen LogP contribution < -0.4 is 9.47 Å². The van der Waals surface area contributed by atoms with E-state index in [1.165, 1.54) is 31.4 Å². The van der Waals surface area contributed by atoms with E-state index in [1.54, 1.807) is 25.1 Å². The van der Waals surface area contributed by atoms with E-state index in [0.29, 0.717) is 16.9 Å². The third kappa shape index (κ3) is 3.29. The van der Waals surface area contributed by atoms with Crippen LogP contribution in [0.2, 0.25) is 0 Å². The molecule has 0 aliphatic carbocycles. The molecule has 1 aliphatic heterocycles. The number of ether oxygens (including phenoxy) is 3. The fourth-order valence-corrected chi connectivity index (χ4v) is 2.48. The molecular formula is C19H15FO5. The van der Waals surface area contributed by atoms with Gasteiger partial charge in [-0.25, -0.2) is 9.18 Å². The van der Waals surface area contributed by atoms with Crippen LogP contribution in [0.25, 0.3) is 6.08 Å². The topological polar surface area (TPSA) is 61.8 Å². The van der Waals surface area contributed by atoms with Crippen molar-refractivity contribution in [3.8, 4) is 11.5 Å². The normalized spacial score (nSPS) is 14.4. The van der Waals surface area contributed by atoms with Gasteiger partial charge in [0.05, 0.1) is 5.56 Å². The number of methoxy groups -OCH3 is 1. The molecule has 0 radical (unpaired) electrons. The minimum atomic E-state index is -0.558. The maximum atomic E-state index is 13.8. The fraction of sp³-hybridized carbons (Fsp3) is 0.158. The molecular weight excluding hydrogens is 327 g/mol. The van der Waals surface area contributed by atoms with Crippen molar-refractivity contribution in [1.29, 1.82) is 0 Å². The van der Waals surface area contributed by atoms with E-state index < -0.39 is 11.8 Å². The van der Waals surface area contributed by atoms with E-state index in [4.69, 9.17) is 14.2 Å². The first-order valence-electron chi connectivity index (χ1n) is 7.53. The van der Waals surface area contributed by atoms with Gasteiger partial charge in [-0.05, 0) is 31.2 Å². The molecule has 0 bridgehead atoms. The van der Waals surface area contributed by atoms with Gasteiger partial charge in [-0.2, -0.15) is 0 Å². The molecule has 0 aromatic heterocycles. The fourth-order valence-electron chi connectivity index (χ4n) is 2.48. The van der Waals surface area contributed by atoms with Crippen LogP contribution in [-0.2, 0) is 9.53 Å². The van der Waals surface area contributed by atoms with Gasteiger partial charge in [0.25, 0.3) is 0 Å². The monoisotopic (exact) mass is 342 g/mol. The zero-order valence-electron chi connectivity index (χ0n) is 13.7. The summed E-state index contributed by atoms with van der Waals surface area (Å²) in [5.74, 6) is -0.763. The molecule has 0 saturated heterocycles. The van der Waals surface area contributed by atoms with Gasteiger partial charge in [0, 0.05) is 18.2 Å². The van der Waals surface area contributed by atoms with Crippen molar-refractivity contribution in [1.82, 2.24) is 0 Å². The van der Waals surface area contributed by atoms with Gasteiger partial charge in [0.15, 0.2) is 5.76 Å². The molecule has 0 spiro atoms. The molecule has 0 unspecified atom stereocenters. The minimum Gasteiger partial charge on any atom is -0.452 e. The van der Waals surface area contributed by atoms with Gasteiger partial charge < -0.3 is 14.2 Å². The van der Waals surface area contributed by atoms with Crippen LogP contribution >= 0.6 is 0 Å². The maximum absolute atomic E-state index is 13.8. The Morgan fingerprint density at radius 3 is 2.72 bits per heavy atom. The van der Waals surface area contributed by atoms with Gasteiger partial charge in [-0.15, -0.1) is 0 Å². The smallest absolute Gasteiger partial charge is 0.337 e. The molecule has 5 nitrogen and oxygen atoms in total. The van der Waals surface area contributed by atoms with E-state index >= 15 is 0 Å². The molecule has 128 valence electrons. The first-order valence-corrected chi connectivity index (χ1v) is 7.53. The summed E-state index contributed by atoms with van der Waals surface area (Å²) >= 11 is 0. The number of ketones is 1. The molecule has 1 heterocycles. The van der Waals surface area contributed by atoms with E-state index in [-0.39, 0.29) is 29.5 Å². The lowest BCUT2D eigenvalue weighted by molar-refractivity contribution is -0.138. The Balaban J connectivity index is 1.92. The van der Waals surface area contributed by atoms with Crippen LogP contribution in [0, 0.1) is 12.7 Å². The van der Waals surface area contributed by atoms with E-state index in [2.05, 4.69) is 0 Å². The second kappa shape index (κ2) is 6.86. The van der Waals surface area contributed by atoms with Gasteiger partial charge in [-0.3, -0.25) is 4.79 Å². The van der Waals surface area contributed by atoms with Crippen LogP contribution in [0.15, 0.2) is 42.2 Å². The average Bonchev–Trinajstić information content (AvgIpc) is 2.90.